The summed E-state index contributed by atoms with van der Waals surface area (Å²) in [5.41, 5.74) is 6.90. The van der Waals surface area contributed by atoms with E-state index >= 15 is 0 Å². The van der Waals surface area contributed by atoms with E-state index in [2.05, 4.69) is 5.32 Å². The molecule has 1 aromatic rings. The average Bonchev–Trinajstić information content (AvgIpc) is 3.11. The van der Waals surface area contributed by atoms with Gasteiger partial charge in [-0.3, -0.25) is 9.59 Å². The number of amides is 2. The number of nitrogens with two attached hydrogens (primary N) is 1. The first-order valence-electron chi connectivity index (χ1n) is 8.77. The van der Waals surface area contributed by atoms with E-state index in [1.54, 1.807) is 30.2 Å². The number of ether oxygens (including phenoxy) is 2. The van der Waals surface area contributed by atoms with Crippen LogP contribution in [0.1, 0.15) is 32.1 Å². The first kappa shape index (κ1) is 17.7. The van der Waals surface area contributed by atoms with E-state index in [0.717, 1.165) is 19.3 Å². The smallest absolute Gasteiger partial charge is 0.253 e. The van der Waals surface area contributed by atoms with E-state index in [0.29, 0.717) is 43.1 Å². The van der Waals surface area contributed by atoms with Gasteiger partial charge in [0.15, 0.2) is 0 Å². The van der Waals surface area contributed by atoms with Gasteiger partial charge in [-0.25, -0.2) is 0 Å². The summed E-state index contributed by atoms with van der Waals surface area (Å²) in [7, 11) is 1.57. The summed E-state index contributed by atoms with van der Waals surface area (Å²) in [6.07, 6.45) is 3.35. The van der Waals surface area contributed by atoms with Crippen LogP contribution in [0.15, 0.2) is 18.2 Å². The van der Waals surface area contributed by atoms with E-state index in [9.17, 15) is 9.59 Å². The number of carbonyl (C=O) groups is 2. The number of methoxy groups -OCH3 is 1. The van der Waals surface area contributed by atoms with Crippen LogP contribution in [0.25, 0.3) is 0 Å². The molecular formula is C18H25N3O4. The van der Waals surface area contributed by atoms with E-state index in [1.165, 1.54) is 0 Å². The van der Waals surface area contributed by atoms with E-state index in [1.807, 2.05) is 0 Å². The maximum absolute atomic E-state index is 12.4. The Morgan fingerprint density at radius 3 is 2.92 bits per heavy atom. The second-order valence-corrected chi connectivity index (χ2v) is 6.44. The summed E-state index contributed by atoms with van der Waals surface area (Å²) >= 11 is 0. The standard InChI is InChI=1S/C18H25N3O4/c1-24-15-7-5-12(10-14(15)21-9-3-2-4-17(21)22)20-18(23)16-8-6-13(11-19)25-16/h5,7,10,13,16H,2-4,6,8-9,11,19H2,1H3,(H,20,23)/t13-,16+/m1/s1. The Hall–Kier alpha value is -2.12. The van der Waals surface area contributed by atoms with Crippen LogP contribution in [0.5, 0.6) is 5.75 Å². The molecule has 3 rings (SSSR count). The Kier molecular flexibility index (Phi) is 5.55. The fourth-order valence-electron chi connectivity index (χ4n) is 3.33. The second-order valence-electron chi connectivity index (χ2n) is 6.44. The van der Waals surface area contributed by atoms with Gasteiger partial charge in [-0.1, -0.05) is 0 Å². The Morgan fingerprint density at radius 1 is 1.40 bits per heavy atom. The highest BCUT2D eigenvalue weighted by Gasteiger charge is 2.30. The number of hydrogen-bond donors (Lipinski definition) is 2. The topological polar surface area (TPSA) is 93.9 Å². The minimum Gasteiger partial charge on any atom is -0.495 e. The lowest BCUT2D eigenvalue weighted by molar-refractivity contribution is -0.126. The SMILES string of the molecule is COc1ccc(NC(=O)[C@@H]2CC[C@H](CN)O2)cc1N1CCCCC1=O. The van der Waals surface area contributed by atoms with Crippen molar-refractivity contribution < 1.29 is 19.1 Å². The molecule has 2 aliphatic heterocycles. The summed E-state index contributed by atoms with van der Waals surface area (Å²) in [4.78, 5) is 26.4. The van der Waals surface area contributed by atoms with Gasteiger partial charge in [-0.05, 0) is 43.9 Å². The zero-order chi connectivity index (χ0) is 17.8. The van der Waals surface area contributed by atoms with Crippen LogP contribution in [-0.4, -0.2) is 44.2 Å². The number of rotatable bonds is 5. The normalized spacial score (nSPS) is 23.6. The maximum Gasteiger partial charge on any atom is 0.253 e. The molecule has 0 bridgehead atoms. The molecule has 0 radical (unpaired) electrons. The number of piperidine rings is 1. The summed E-state index contributed by atoms with van der Waals surface area (Å²) in [6.45, 7) is 1.09. The lowest BCUT2D eigenvalue weighted by Gasteiger charge is -2.28. The van der Waals surface area contributed by atoms with Crippen molar-refractivity contribution in [1.29, 1.82) is 0 Å². The number of carbonyl (C=O) groups excluding carboxylic acids is 2. The Bertz CT molecular complexity index is 649. The van der Waals surface area contributed by atoms with Gasteiger partial charge in [0, 0.05) is 25.2 Å². The van der Waals surface area contributed by atoms with Crippen molar-refractivity contribution in [2.45, 2.75) is 44.3 Å². The fourth-order valence-corrected chi connectivity index (χ4v) is 3.33. The molecule has 136 valence electrons. The van der Waals surface area contributed by atoms with Crippen molar-refractivity contribution >= 4 is 23.2 Å². The summed E-state index contributed by atoms with van der Waals surface area (Å²) in [6, 6.07) is 5.32. The predicted octanol–water partition coefficient (Wildman–Crippen LogP) is 1.66. The van der Waals surface area contributed by atoms with Gasteiger partial charge in [-0.2, -0.15) is 0 Å². The monoisotopic (exact) mass is 347 g/mol. The van der Waals surface area contributed by atoms with Gasteiger partial charge >= 0.3 is 0 Å². The van der Waals surface area contributed by atoms with Crippen LogP contribution in [0.3, 0.4) is 0 Å². The molecular weight excluding hydrogens is 322 g/mol. The summed E-state index contributed by atoms with van der Waals surface area (Å²) < 4.78 is 11.0. The average molecular weight is 347 g/mol. The van der Waals surface area contributed by atoms with Gasteiger partial charge < -0.3 is 25.4 Å². The van der Waals surface area contributed by atoms with E-state index in [-0.39, 0.29) is 17.9 Å². The molecule has 0 aliphatic carbocycles. The van der Waals surface area contributed by atoms with Crippen molar-refractivity contribution in [3.05, 3.63) is 18.2 Å². The fraction of sp³-hybridized carbons (Fsp3) is 0.556. The molecule has 1 aromatic carbocycles. The molecule has 2 aliphatic rings. The molecule has 0 unspecified atom stereocenters. The molecule has 7 heteroatoms. The van der Waals surface area contributed by atoms with Crippen LogP contribution in [0.4, 0.5) is 11.4 Å². The number of nitrogens with zero attached hydrogens (tertiary/aromatic N) is 1. The molecule has 2 fully saturated rings. The lowest BCUT2D eigenvalue weighted by atomic mass is 10.1. The minimum atomic E-state index is -0.476. The second kappa shape index (κ2) is 7.84. The van der Waals surface area contributed by atoms with Gasteiger partial charge in [0.1, 0.15) is 11.9 Å². The van der Waals surface area contributed by atoms with Crippen molar-refractivity contribution in [2.75, 3.05) is 30.4 Å². The maximum atomic E-state index is 12.4. The van der Waals surface area contributed by atoms with Crippen molar-refractivity contribution in [1.82, 2.24) is 0 Å². The quantitative estimate of drug-likeness (QED) is 0.845. The van der Waals surface area contributed by atoms with E-state index in [4.69, 9.17) is 15.2 Å². The molecule has 3 N–H and O–H groups in total. The first-order chi connectivity index (χ1) is 12.1. The van der Waals surface area contributed by atoms with Crippen molar-refractivity contribution in [2.24, 2.45) is 5.73 Å². The third kappa shape index (κ3) is 3.93. The largest absolute Gasteiger partial charge is 0.495 e. The zero-order valence-electron chi connectivity index (χ0n) is 14.5. The molecule has 0 aromatic heterocycles. The zero-order valence-corrected chi connectivity index (χ0v) is 14.5. The molecule has 7 nitrogen and oxygen atoms in total. The lowest BCUT2D eigenvalue weighted by Crippen LogP contribution is -2.35. The van der Waals surface area contributed by atoms with E-state index < -0.39 is 6.10 Å². The van der Waals surface area contributed by atoms with Crippen molar-refractivity contribution in [3.63, 3.8) is 0 Å². The van der Waals surface area contributed by atoms with Gasteiger partial charge in [0.05, 0.1) is 18.9 Å². The van der Waals surface area contributed by atoms with Crippen LogP contribution in [0, 0.1) is 0 Å². The minimum absolute atomic E-state index is 0.0480. The van der Waals surface area contributed by atoms with Crippen LogP contribution in [0.2, 0.25) is 0 Å². The number of nitrogens with one attached hydrogen (secondary N) is 1. The van der Waals surface area contributed by atoms with Crippen LogP contribution >= 0.6 is 0 Å². The Morgan fingerprint density at radius 2 is 2.24 bits per heavy atom. The summed E-state index contributed by atoms with van der Waals surface area (Å²) in [5.74, 6) is 0.517. The number of anilines is 2. The highest BCUT2D eigenvalue weighted by molar-refractivity contribution is 5.98. The number of hydrogen-bond acceptors (Lipinski definition) is 5. The molecule has 2 saturated heterocycles. The van der Waals surface area contributed by atoms with Gasteiger partial charge in [-0.15, -0.1) is 0 Å². The molecule has 25 heavy (non-hydrogen) atoms. The third-order valence-corrected chi connectivity index (χ3v) is 4.72. The summed E-state index contributed by atoms with van der Waals surface area (Å²) in [5, 5.41) is 2.88. The highest BCUT2D eigenvalue weighted by atomic mass is 16.5. The Balaban J connectivity index is 1.75. The predicted molar refractivity (Wildman–Crippen MR) is 94.8 cm³/mol. The van der Waals surface area contributed by atoms with Crippen LogP contribution in [-0.2, 0) is 14.3 Å². The highest BCUT2D eigenvalue weighted by Crippen LogP contribution is 2.34. The van der Waals surface area contributed by atoms with Gasteiger partial charge in [0.2, 0.25) is 5.91 Å². The number of benzene rings is 1. The van der Waals surface area contributed by atoms with Crippen LogP contribution < -0.4 is 20.7 Å². The van der Waals surface area contributed by atoms with Gasteiger partial charge in [0.25, 0.3) is 5.91 Å². The first-order valence-corrected chi connectivity index (χ1v) is 8.77. The van der Waals surface area contributed by atoms with Crippen molar-refractivity contribution in [3.8, 4) is 5.75 Å². The molecule has 0 saturated carbocycles. The Labute approximate surface area is 147 Å². The molecule has 2 heterocycles. The molecule has 0 spiro atoms. The third-order valence-electron chi connectivity index (χ3n) is 4.72. The molecule has 2 atom stereocenters. The molecule has 2 amide bonds.